The van der Waals surface area contributed by atoms with Gasteiger partial charge in [0.15, 0.2) is 0 Å². The van der Waals surface area contributed by atoms with Crippen LogP contribution in [0.15, 0.2) is 48.5 Å². The molecule has 3 N–H and O–H groups in total. The highest BCUT2D eigenvalue weighted by molar-refractivity contribution is 5.71. The van der Waals surface area contributed by atoms with Crippen LogP contribution >= 0.6 is 0 Å². The number of methoxy groups -OCH3 is 1. The number of hydrogen-bond acceptors (Lipinski definition) is 4. The number of fused-ring (bicyclic) bond motifs is 1. The summed E-state index contributed by atoms with van der Waals surface area (Å²) in [5, 5.41) is 10.0. The third-order valence-electron chi connectivity index (χ3n) is 4.26. The Balaban J connectivity index is 1.93. The minimum atomic E-state index is -0.867. The zero-order valence-corrected chi connectivity index (χ0v) is 13.6. The molecule has 126 valence electrons. The first kappa shape index (κ1) is 16.3. The number of primary amides is 1. The Bertz CT molecular complexity index is 721. The smallest absolute Gasteiger partial charge is 0.338 e. The van der Waals surface area contributed by atoms with Crippen LogP contribution in [0.4, 0.5) is 16.2 Å². The Morgan fingerprint density at radius 1 is 1.33 bits per heavy atom. The number of hydrogen-bond donors (Lipinski definition) is 2. The molecular weight excluding hydrogens is 306 g/mol. The number of carbonyl (C=O) groups excluding carboxylic acids is 1. The molecule has 1 heterocycles. The van der Waals surface area contributed by atoms with E-state index < -0.39 is 6.03 Å². The van der Waals surface area contributed by atoms with E-state index in [2.05, 4.69) is 17.0 Å². The molecule has 1 aliphatic rings. The number of benzene rings is 2. The molecule has 1 aliphatic heterocycles. The number of nitrogens with two attached hydrogens (primary N) is 1. The van der Waals surface area contributed by atoms with Gasteiger partial charge in [-0.25, -0.2) is 9.86 Å². The van der Waals surface area contributed by atoms with Gasteiger partial charge in [-0.15, -0.1) is 0 Å². The van der Waals surface area contributed by atoms with Crippen molar-refractivity contribution in [1.29, 1.82) is 0 Å². The number of para-hydroxylation sites is 1. The van der Waals surface area contributed by atoms with E-state index in [4.69, 9.17) is 10.5 Å². The molecule has 0 saturated heterocycles. The molecule has 2 aromatic rings. The summed E-state index contributed by atoms with van der Waals surface area (Å²) in [5.41, 5.74) is 9.23. The second-order valence-electron chi connectivity index (χ2n) is 5.87. The van der Waals surface area contributed by atoms with Gasteiger partial charge in [0.1, 0.15) is 0 Å². The number of amides is 2. The second kappa shape index (κ2) is 6.90. The normalized spacial score (nSPS) is 16.6. The standard InChI is InChI=1S/C18H21N3O3/c1-24-16-10-14-9-13(11-21(23)18(19)22)7-8-17(14)20(12-16)15-5-3-2-4-6-15/h2-9,16,23H,10-12H2,1H3,(H2,19,22). The van der Waals surface area contributed by atoms with E-state index in [-0.39, 0.29) is 12.6 Å². The van der Waals surface area contributed by atoms with E-state index in [1.165, 1.54) is 0 Å². The van der Waals surface area contributed by atoms with Gasteiger partial charge in [0.05, 0.1) is 12.6 Å². The molecule has 0 aromatic heterocycles. The first-order valence-corrected chi connectivity index (χ1v) is 7.81. The van der Waals surface area contributed by atoms with Crippen LogP contribution in [0.1, 0.15) is 11.1 Å². The number of nitrogens with zero attached hydrogens (tertiary/aromatic N) is 2. The zero-order chi connectivity index (χ0) is 17.1. The highest BCUT2D eigenvalue weighted by atomic mass is 16.5. The largest absolute Gasteiger partial charge is 0.379 e. The molecule has 0 bridgehead atoms. The van der Waals surface area contributed by atoms with Gasteiger partial charge in [-0.3, -0.25) is 5.21 Å². The third kappa shape index (κ3) is 3.34. The monoisotopic (exact) mass is 327 g/mol. The number of hydroxylamine groups is 2. The second-order valence-corrected chi connectivity index (χ2v) is 5.87. The number of rotatable bonds is 4. The Labute approximate surface area is 141 Å². The van der Waals surface area contributed by atoms with Crippen LogP contribution in [0.5, 0.6) is 0 Å². The van der Waals surface area contributed by atoms with Gasteiger partial charge in [-0.1, -0.05) is 30.3 Å². The van der Waals surface area contributed by atoms with E-state index in [9.17, 15) is 10.0 Å². The molecule has 2 amide bonds. The summed E-state index contributed by atoms with van der Waals surface area (Å²) < 4.78 is 5.58. The van der Waals surface area contributed by atoms with Crippen LogP contribution in [0.3, 0.4) is 0 Å². The van der Waals surface area contributed by atoms with E-state index in [1.54, 1.807) is 7.11 Å². The first-order valence-electron chi connectivity index (χ1n) is 7.81. The Hall–Kier alpha value is -2.57. The van der Waals surface area contributed by atoms with Crippen molar-refractivity contribution < 1.29 is 14.7 Å². The maximum atomic E-state index is 11.0. The number of ether oxygens (including phenoxy) is 1. The molecule has 1 unspecified atom stereocenters. The van der Waals surface area contributed by atoms with Crippen molar-refractivity contribution >= 4 is 17.4 Å². The molecule has 24 heavy (non-hydrogen) atoms. The summed E-state index contributed by atoms with van der Waals surface area (Å²) >= 11 is 0. The van der Waals surface area contributed by atoms with E-state index >= 15 is 0 Å². The van der Waals surface area contributed by atoms with Gasteiger partial charge in [-0.2, -0.15) is 0 Å². The summed E-state index contributed by atoms with van der Waals surface area (Å²) in [4.78, 5) is 13.2. The van der Waals surface area contributed by atoms with E-state index in [0.717, 1.165) is 35.5 Å². The Morgan fingerprint density at radius 3 is 2.75 bits per heavy atom. The van der Waals surface area contributed by atoms with Gasteiger partial charge in [-0.05, 0) is 29.3 Å². The molecule has 6 nitrogen and oxygen atoms in total. The third-order valence-corrected chi connectivity index (χ3v) is 4.26. The lowest BCUT2D eigenvalue weighted by molar-refractivity contribution is -0.0470. The van der Waals surface area contributed by atoms with E-state index in [0.29, 0.717) is 5.06 Å². The van der Waals surface area contributed by atoms with Crippen molar-refractivity contribution in [2.75, 3.05) is 18.6 Å². The molecule has 0 fully saturated rings. The molecule has 0 radical (unpaired) electrons. The van der Waals surface area contributed by atoms with Crippen LogP contribution in [0.2, 0.25) is 0 Å². The maximum Gasteiger partial charge on any atom is 0.338 e. The number of anilines is 2. The predicted molar refractivity (Wildman–Crippen MR) is 91.3 cm³/mol. The lowest BCUT2D eigenvalue weighted by Gasteiger charge is -2.36. The summed E-state index contributed by atoms with van der Waals surface area (Å²) in [6.07, 6.45) is 0.861. The summed E-state index contributed by atoms with van der Waals surface area (Å²) in [6.45, 7) is 0.839. The lowest BCUT2D eigenvalue weighted by Crippen LogP contribution is -2.37. The fourth-order valence-electron chi connectivity index (χ4n) is 3.04. The summed E-state index contributed by atoms with van der Waals surface area (Å²) in [5.74, 6) is 0. The molecule has 2 aromatic carbocycles. The van der Waals surface area contributed by atoms with Gasteiger partial charge < -0.3 is 15.4 Å². The topological polar surface area (TPSA) is 79.0 Å². The quantitative estimate of drug-likeness (QED) is 0.668. The predicted octanol–water partition coefficient (Wildman–Crippen LogP) is 2.67. The van der Waals surface area contributed by atoms with Crippen LogP contribution in [-0.4, -0.2) is 36.1 Å². The van der Waals surface area contributed by atoms with Gasteiger partial charge in [0.2, 0.25) is 0 Å². The van der Waals surface area contributed by atoms with Gasteiger partial charge >= 0.3 is 6.03 Å². The van der Waals surface area contributed by atoms with Crippen molar-refractivity contribution in [2.24, 2.45) is 5.73 Å². The zero-order valence-electron chi connectivity index (χ0n) is 13.6. The van der Waals surface area contributed by atoms with E-state index in [1.807, 2.05) is 36.4 Å². The Kier molecular flexibility index (Phi) is 4.69. The molecule has 6 heteroatoms. The highest BCUT2D eigenvalue weighted by Gasteiger charge is 2.25. The van der Waals surface area contributed by atoms with Gasteiger partial charge in [0, 0.05) is 31.5 Å². The summed E-state index contributed by atoms with van der Waals surface area (Å²) in [6, 6.07) is 15.2. The van der Waals surface area contributed by atoms with Gasteiger partial charge in [0.25, 0.3) is 0 Å². The molecule has 1 atom stereocenters. The van der Waals surface area contributed by atoms with Crippen LogP contribution in [0.25, 0.3) is 0 Å². The van der Waals surface area contributed by atoms with Crippen molar-refractivity contribution in [3.8, 4) is 0 Å². The average Bonchev–Trinajstić information content (AvgIpc) is 2.61. The SMILES string of the molecule is COC1Cc2cc(CN(O)C(N)=O)ccc2N(c2ccccc2)C1. The number of urea groups is 1. The highest BCUT2D eigenvalue weighted by Crippen LogP contribution is 2.34. The summed E-state index contributed by atoms with van der Waals surface area (Å²) in [7, 11) is 1.71. The van der Waals surface area contributed by atoms with Crippen molar-refractivity contribution in [2.45, 2.75) is 19.1 Å². The molecule has 3 rings (SSSR count). The molecule has 0 saturated carbocycles. The van der Waals surface area contributed by atoms with Crippen molar-refractivity contribution in [3.63, 3.8) is 0 Å². The fraction of sp³-hybridized carbons (Fsp3) is 0.278. The molecule has 0 aliphatic carbocycles. The molecular formula is C18H21N3O3. The van der Waals surface area contributed by atoms with Crippen molar-refractivity contribution in [1.82, 2.24) is 5.06 Å². The van der Waals surface area contributed by atoms with Crippen LogP contribution in [0, 0.1) is 0 Å². The Morgan fingerprint density at radius 2 is 2.08 bits per heavy atom. The average molecular weight is 327 g/mol. The lowest BCUT2D eigenvalue weighted by atomic mass is 9.96. The first-order chi connectivity index (χ1) is 11.6. The number of carbonyl (C=O) groups is 1. The van der Waals surface area contributed by atoms with Crippen LogP contribution in [-0.2, 0) is 17.7 Å². The van der Waals surface area contributed by atoms with Crippen molar-refractivity contribution in [3.05, 3.63) is 59.7 Å². The maximum absolute atomic E-state index is 11.0. The molecule has 0 spiro atoms. The minimum absolute atomic E-state index is 0.0611. The van der Waals surface area contributed by atoms with Crippen LogP contribution < -0.4 is 10.6 Å². The fourth-order valence-corrected chi connectivity index (χ4v) is 3.04. The minimum Gasteiger partial charge on any atom is -0.379 e.